The van der Waals surface area contributed by atoms with Gasteiger partial charge >= 0.3 is 0 Å². The topological polar surface area (TPSA) is 3.88 Å². The molecule has 1 aliphatic rings. The summed E-state index contributed by atoms with van der Waals surface area (Å²) in [6, 6.07) is 29.6. The number of rotatable bonds is 3. The molecule has 1 heterocycles. The number of aromatic nitrogens is 1. The first-order valence-electron chi connectivity index (χ1n) is 14.0. The van der Waals surface area contributed by atoms with Crippen LogP contribution >= 0.6 is 0 Å². The molecule has 0 saturated carbocycles. The van der Waals surface area contributed by atoms with E-state index in [4.69, 9.17) is 0 Å². The monoisotopic (exact) mass is 514 g/mol. The maximum absolute atomic E-state index is 15.3. The quantitative estimate of drug-likeness (QED) is 0.211. The Morgan fingerprint density at radius 1 is 0.641 bits per heavy atom. The molecule has 1 aliphatic carbocycles. The third-order valence-corrected chi connectivity index (χ3v) is 8.97. The van der Waals surface area contributed by atoms with Gasteiger partial charge in [0.05, 0.1) is 0 Å². The lowest BCUT2D eigenvalue weighted by atomic mass is 9.63. The molecule has 1 aromatic heterocycles. The molecular weight excluding hydrogens is 477 g/mol. The van der Waals surface area contributed by atoms with Crippen LogP contribution < -0.4 is 4.57 Å². The number of fused-ring (bicyclic) bond motifs is 2. The van der Waals surface area contributed by atoms with E-state index in [1.54, 1.807) is 6.07 Å². The van der Waals surface area contributed by atoms with Crippen molar-refractivity contribution in [3.63, 3.8) is 0 Å². The Hall–Kier alpha value is -3.78. The number of pyridine rings is 1. The Balaban J connectivity index is 1.39. The molecule has 6 rings (SSSR count). The highest BCUT2D eigenvalue weighted by atomic mass is 19.1. The van der Waals surface area contributed by atoms with Gasteiger partial charge in [-0.2, -0.15) is 0 Å². The fraction of sp³-hybridized carbons (Fsp3) is 0.270. The summed E-state index contributed by atoms with van der Waals surface area (Å²) in [5, 5.41) is 2.37. The van der Waals surface area contributed by atoms with E-state index in [2.05, 4.69) is 118 Å². The van der Waals surface area contributed by atoms with Crippen molar-refractivity contribution in [1.29, 1.82) is 0 Å². The molecular formula is C37H37FN+. The molecule has 0 N–H and O–H groups in total. The second-order valence-electron chi connectivity index (χ2n) is 12.7. The fourth-order valence-electron chi connectivity index (χ4n) is 6.34. The van der Waals surface area contributed by atoms with E-state index in [-0.39, 0.29) is 16.6 Å². The van der Waals surface area contributed by atoms with Gasteiger partial charge in [-0.25, -0.2) is 8.96 Å². The van der Waals surface area contributed by atoms with Crippen LogP contribution in [0.5, 0.6) is 0 Å². The zero-order chi connectivity index (χ0) is 27.5. The lowest BCUT2D eigenvalue weighted by Crippen LogP contribution is -2.33. The van der Waals surface area contributed by atoms with Gasteiger partial charge in [-0.15, -0.1) is 0 Å². The lowest BCUT2D eigenvalue weighted by molar-refractivity contribution is -0.659. The number of hydrogen-bond donors (Lipinski definition) is 0. The third-order valence-electron chi connectivity index (χ3n) is 8.97. The summed E-state index contributed by atoms with van der Waals surface area (Å²) in [5.74, 6) is -0.190. The van der Waals surface area contributed by atoms with Crippen molar-refractivity contribution in [2.24, 2.45) is 7.05 Å². The fourth-order valence-corrected chi connectivity index (χ4v) is 6.34. The highest BCUT2D eigenvalue weighted by Gasteiger charge is 2.37. The first-order chi connectivity index (χ1) is 18.5. The van der Waals surface area contributed by atoms with Gasteiger partial charge < -0.3 is 0 Å². The summed E-state index contributed by atoms with van der Waals surface area (Å²) in [4.78, 5) is 0. The van der Waals surface area contributed by atoms with Gasteiger partial charge in [-0.1, -0.05) is 88.4 Å². The third kappa shape index (κ3) is 4.46. The van der Waals surface area contributed by atoms with Crippen molar-refractivity contribution in [1.82, 2.24) is 0 Å². The summed E-state index contributed by atoms with van der Waals surface area (Å²) in [6.45, 7) is 11.4. The Bertz CT molecular complexity index is 1720. The zero-order valence-electron chi connectivity index (χ0n) is 23.9. The summed E-state index contributed by atoms with van der Waals surface area (Å²) in [7, 11) is 2.06. The van der Waals surface area contributed by atoms with Crippen LogP contribution in [0.25, 0.3) is 44.3 Å². The molecule has 0 unspecified atom stereocenters. The van der Waals surface area contributed by atoms with Crippen LogP contribution in [0.2, 0.25) is 0 Å². The van der Waals surface area contributed by atoms with Crippen molar-refractivity contribution < 1.29 is 8.96 Å². The van der Waals surface area contributed by atoms with Gasteiger partial charge in [-0.3, -0.25) is 0 Å². The van der Waals surface area contributed by atoms with Crippen LogP contribution in [0.4, 0.5) is 4.39 Å². The van der Waals surface area contributed by atoms with Crippen molar-refractivity contribution >= 4 is 10.8 Å². The Kier molecular flexibility index (Phi) is 5.99. The normalized spacial score (nSPS) is 15.8. The molecule has 0 amide bonds. The second kappa shape index (κ2) is 9.16. The van der Waals surface area contributed by atoms with Crippen molar-refractivity contribution in [3.8, 4) is 33.5 Å². The summed E-state index contributed by atoms with van der Waals surface area (Å²) < 4.78 is 17.5. The maximum atomic E-state index is 15.3. The highest BCUT2D eigenvalue weighted by molar-refractivity contribution is 5.85. The van der Waals surface area contributed by atoms with Gasteiger partial charge in [0.2, 0.25) is 5.69 Å². The minimum atomic E-state index is -0.190. The molecule has 0 fully saturated rings. The molecule has 196 valence electrons. The predicted molar refractivity (Wildman–Crippen MR) is 161 cm³/mol. The van der Waals surface area contributed by atoms with E-state index in [9.17, 15) is 0 Å². The van der Waals surface area contributed by atoms with Crippen LogP contribution in [0.15, 0.2) is 91.1 Å². The van der Waals surface area contributed by atoms with Crippen LogP contribution in [0, 0.1) is 12.7 Å². The molecule has 0 bridgehead atoms. The summed E-state index contributed by atoms with van der Waals surface area (Å²) >= 11 is 0. The number of halogens is 1. The summed E-state index contributed by atoms with van der Waals surface area (Å²) in [5.41, 5.74) is 10.2. The van der Waals surface area contributed by atoms with E-state index in [1.165, 1.54) is 40.3 Å². The largest absolute Gasteiger partial charge is 0.213 e. The second-order valence-corrected chi connectivity index (χ2v) is 12.7. The van der Waals surface area contributed by atoms with Crippen molar-refractivity contribution in [3.05, 3.63) is 114 Å². The standard InChI is InChI=1S/C37H37FN/c1-24-19-34(38)31(22-30(24)35-21-27-9-7-8-10-29(27)23-39(35)6)26-13-11-25(12-14-26)28-15-16-32-33(20-28)37(4,5)18-17-36(32,2)3/h7-16,19-23H,17-18H2,1-6H3/q+1. The molecule has 39 heavy (non-hydrogen) atoms. The van der Waals surface area contributed by atoms with Gasteiger partial charge in [0, 0.05) is 22.6 Å². The molecule has 0 radical (unpaired) electrons. The number of nitrogens with zero attached hydrogens (tertiary/aromatic N) is 1. The SMILES string of the molecule is Cc1cc(F)c(-c2ccc(-c3ccc4c(c3)C(C)(C)CCC4(C)C)cc2)cc1-c1cc2ccccc2c[n+]1C. The maximum Gasteiger partial charge on any atom is 0.213 e. The van der Waals surface area contributed by atoms with E-state index in [0.717, 1.165) is 27.9 Å². The van der Waals surface area contributed by atoms with E-state index in [0.29, 0.717) is 5.56 Å². The Morgan fingerprint density at radius 3 is 1.97 bits per heavy atom. The van der Waals surface area contributed by atoms with E-state index >= 15 is 4.39 Å². The first-order valence-corrected chi connectivity index (χ1v) is 14.0. The molecule has 5 aromatic rings. The van der Waals surface area contributed by atoms with Gasteiger partial charge in [0.1, 0.15) is 12.9 Å². The van der Waals surface area contributed by atoms with Crippen molar-refractivity contribution in [2.75, 3.05) is 0 Å². The molecule has 4 aromatic carbocycles. The average Bonchev–Trinajstić information content (AvgIpc) is 2.91. The van der Waals surface area contributed by atoms with Crippen LogP contribution in [-0.2, 0) is 17.9 Å². The molecule has 2 heteroatoms. The Morgan fingerprint density at radius 2 is 1.26 bits per heavy atom. The van der Waals surface area contributed by atoms with Gasteiger partial charge in [0.25, 0.3) is 0 Å². The summed E-state index contributed by atoms with van der Waals surface area (Å²) in [6.07, 6.45) is 4.55. The zero-order valence-corrected chi connectivity index (χ0v) is 23.9. The van der Waals surface area contributed by atoms with Crippen LogP contribution in [0.1, 0.15) is 57.2 Å². The smallest absolute Gasteiger partial charge is 0.206 e. The van der Waals surface area contributed by atoms with Crippen molar-refractivity contribution in [2.45, 2.75) is 58.3 Å². The molecule has 0 atom stereocenters. The highest BCUT2D eigenvalue weighted by Crippen LogP contribution is 2.47. The van der Waals surface area contributed by atoms with Gasteiger partial charge in [-0.05, 0) is 87.6 Å². The number of hydrogen-bond acceptors (Lipinski definition) is 0. The molecule has 0 spiro atoms. The van der Waals surface area contributed by atoms with Crippen LogP contribution in [-0.4, -0.2) is 0 Å². The predicted octanol–water partition coefficient (Wildman–Crippen LogP) is 9.46. The molecule has 0 saturated heterocycles. The number of aryl methyl sites for hydroxylation is 2. The minimum absolute atomic E-state index is 0.168. The first kappa shape index (κ1) is 25.5. The average molecular weight is 515 g/mol. The van der Waals surface area contributed by atoms with E-state index < -0.39 is 0 Å². The van der Waals surface area contributed by atoms with Crippen LogP contribution in [0.3, 0.4) is 0 Å². The van der Waals surface area contributed by atoms with E-state index in [1.807, 2.05) is 13.0 Å². The lowest BCUT2D eigenvalue weighted by Gasteiger charge is -2.42. The number of benzene rings is 4. The molecule has 1 nitrogen and oxygen atoms in total. The minimum Gasteiger partial charge on any atom is -0.206 e. The Labute approximate surface area is 232 Å². The molecule has 0 aliphatic heterocycles. The van der Waals surface area contributed by atoms with Gasteiger partial charge in [0.15, 0.2) is 6.20 Å².